The molecular weight excluding hydrogens is 308 g/mol. The molecule has 0 bridgehead atoms. The van der Waals surface area contributed by atoms with Crippen LogP contribution in [-0.4, -0.2) is 43.4 Å². The number of rotatable bonds is 4. The fourth-order valence-electron chi connectivity index (χ4n) is 3.13. The average molecular weight is 330 g/mol. The summed E-state index contributed by atoms with van der Waals surface area (Å²) in [5.74, 6) is 0.582. The van der Waals surface area contributed by atoms with Crippen LogP contribution in [0.2, 0.25) is 0 Å². The summed E-state index contributed by atoms with van der Waals surface area (Å²) in [6, 6.07) is 10.5. The van der Waals surface area contributed by atoms with Crippen molar-refractivity contribution in [2.45, 2.75) is 50.4 Å². The molecule has 1 fully saturated rings. The predicted octanol–water partition coefficient (Wildman–Crippen LogP) is 3.15. The molecule has 0 saturated carbocycles. The Labute approximate surface area is 141 Å². The minimum Gasteiger partial charge on any atom is -0.337 e. The predicted molar refractivity (Wildman–Crippen MR) is 91.7 cm³/mol. The van der Waals surface area contributed by atoms with E-state index in [9.17, 15) is 4.79 Å². The Balaban J connectivity index is 1.60. The molecule has 1 aromatic carbocycles. The van der Waals surface area contributed by atoms with E-state index in [0.29, 0.717) is 23.0 Å². The molecule has 5 nitrogen and oxygen atoms in total. The van der Waals surface area contributed by atoms with Gasteiger partial charge in [-0.2, -0.15) is 0 Å². The number of hydrogen-bond acceptors (Lipinski definition) is 4. The van der Waals surface area contributed by atoms with Gasteiger partial charge in [-0.3, -0.25) is 4.79 Å². The topological polar surface area (TPSA) is 51.0 Å². The van der Waals surface area contributed by atoms with Crippen molar-refractivity contribution in [2.24, 2.45) is 0 Å². The van der Waals surface area contributed by atoms with Gasteiger partial charge >= 0.3 is 0 Å². The molecular formula is C17H22N4OS. The molecule has 1 aliphatic rings. The second kappa shape index (κ2) is 7.17. The van der Waals surface area contributed by atoms with Crippen LogP contribution in [0.1, 0.15) is 33.1 Å². The molecule has 23 heavy (non-hydrogen) atoms. The molecule has 1 aromatic heterocycles. The van der Waals surface area contributed by atoms with Crippen LogP contribution in [0.15, 0.2) is 41.8 Å². The summed E-state index contributed by atoms with van der Waals surface area (Å²) >= 11 is 1.41. The molecule has 2 aromatic rings. The Bertz CT molecular complexity index is 648. The number of aromatic nitrogens is 3. The van der Waals surface area contributed by atoms with Crippen molar-refractivity contribution in [1.29, 1.82) is 0 Å². The van der Waals surface area contributed by atoms with E-state index in [1.807, 2.05) is 35.2 Å². The van der Waals surface area contributed by atoms with E-state index >= 15 is 0 Å². The van der Waals surface area contributed by atoms with Crippen molar-refractivity contribution in [3.8, 4) is 5.69 Å². The van der Waals surface area contributed by atoms with E-state index < -0.39 is 0 Å². The number of amides is 1. The van der Waals surface area contributed by atoms with Crippen molar-refractivity contribution >= 4 is 17.7 Å². The van der Waals surface area contributed by atoms with Crippen LogP contribution in [0.3, 0.4) is 0 Å². The molecule has 0 aliphatic carbocycles. The third kappa shape index (κ3) is 3.75. The van der Waals surface area contributed by atoms with Gasteiger partial charge in [-0.15, -0.1) is 5.10 Å². The lowest BCUT2D eigenvalue weighted by atomic mass is 9.98. The van der Waals surface area contributed by atoms with Gasteiger partial charge in [-0.05, 0) is 45.2 Å². The van der Waals surface area contributed by atoms with Gasteiger partial charge in [0, 0.05) is 12.1 Å². The Morgan fingerprint density at radius 1 is 1.22 bits per heavy atom. The number of carbonyl (C=O) groups excluding carboxylic acids is 1. The lowest BCUT2D eigenvalue weighted by Crippen LogP contribution is -2.48. The normalized spacial score (nSPS) is 21.4. The molecule has 0 N–H and O–H groups in total. The zero-order valence-corrected chi connectivity index (χ0v) is 14.4. The molecule has 0 radical (unpaired) electrons. The fourth-order valence-corrected chi connectivity index (χ4v) is 3.80. The summed E-state index contributed by atoms with van der Waals surface area (Å²) in [7, 11) is 0. The van der Waals surface area contributed by atoms with Crippen LogP contribution in [0.25, 0.3) is 5.69 Å². The maximum atomic E-state index is 12.5. The molecule has 122 valence electrons. The minimum atomic E-state index is 0.186. The first-order valence-corrected chi connectivity index (χ1v) is 9.05. The number of likely N-dealkylation sites (tertiary alicyclic amines) is 1. The van der Waals surface area contributed by atoms with Gasteiger partial charge in [-0.1, -0.05) is 30.0 Å². The van der Waals surface area contributed by atoms with E-state index in [-0.39, 0.29) is 5.91 Å². The molecule has 6 heteroatoms. The highest BCUT2D eigenvalue weighted by Crippen LogP contribution is 2.24. The van der Waals surface area contributed by atoms with Gasteiger partial charge in [-0.25, -0.2) is 9.67 Å². The average Bonchev–Trinajstić information content (AvgIpc) is 3.02. The molecule has 2 atom stereocenters. The first-order valence-electron chi connectivity index (χ1n) is 8.06. The molecule has 1 aliphatic heterocycles. The standard InChI is InChI=1S/C17H22N4OS/c1-13-7-6-8-14(2)21(13)16(22)11-23-17-18-12-20(19-17)15-9-4-3-5-10-15/h3-5,9-10,12-14H,6-8,11H2,1-2H3. The maximum absolute atomic E-state index is 12.5. The quantitative estimate of drug-likeness (QED) is 0.808. The summed E-state index contributed by atoms with van der Waals surface area (Å²) in [4.78, 5) is 18.8. The SMILES string of the molecule is CC1CCCC(C)N1C(=O)CSc1ncn(-c2ccccc2)n1. The molecule has 3 rings (SSSR count). The van der Waals surface area contributed by atoms with E-state index in [4.69, 9.17) is 0 Å². The van der Waals surface area contributed by atoms with Gasteiger partial charge in [0.25, 0.3) is 0 Å². The number of piperidine rings is 1. The summed E-state index contributed by atoms with van der Waals surface area (Å²) < 4.78 is 1.74. The second-order valence-corrected chi connectivity index (χ2v) is 6.97. The highest BCUT2D eigenvalue weighted by atomic mass is 32.2. The lowest BCUT2D eigenvalue weighted by molar-refractivity contribution is -0.134. The minimum absolute atomic E-state index is 0.186. The smallest absolute Gasteiger partial charge is 0.233 e. The van der Waals surface area contributed by atoms with Crippen LogP contribution < -0.4 is 0 Å². The zero-order chi connectivity index (χ0) is 16.2. The largest absolute Gasteiger partial charge is 0.337 e. The Morgan fingerprint density at radius 3 is 2.61 bits per heavy atom. The first-order chi connectivity index (χ1) is 11.1. The van der Waals surface area contributed by atoms with Crippen molar-refractivity contribution in [3.05, 3.63) is 36.7 Å². The van der Waals surface area contributed by atoms with Crippen LogP contribution in [0.4, 0.5) is 0 Å². The highest BCUT2D eigenvalue weighted by molar-refractivity contribution is 7.99. The molecule has 0 spiro atoms. The Hall–Kier alpha value is -1.82. The Kier molecular flexibility index (Phi) is 5.00. The molecule has 1 amide bonds. The molecule has 2 heterocycles. The number of nitrogens with zero attached hydrogens (tertiary/aromatic N) is 4. The number of carbonyl (C=O) groups is 1. The van der Waals surface area contributed by atoms with Crippen LogP contribution >= 0.6 is 11.8 Å². The van der Waals surface area contributed by atoms with Gasteiger partial charge in [0.05, 0.1) is 11.4 Å². The van der Waals surface area contributed by atoms with E-state index in [2.05, 4.69) is 23.9 Å². The third-order valence-electron chi connectivity index (χ3n) is 4.30. The number of para-hydroxylation sites is 1. The van der Waals surface area contributed by atoms with Crippen LogP contribution in [0.5, 0.6) is 0 Å². The summed E-state index contributed by atoms with van der Waals surface area (Å²) in [5.41, 5.74) is 0.969. The summed E-state index contributed by atoms with van der Waals surface area (Å²) in [5, 5.41) is 5.07. The zero-order valence-electron chi connectivity index (χ0n) is 13.6. The van der Waals surface area contributed by atoms with Crippen LogP contribution in [0, 0.1) is 0 Å². The van der Waals surface area contributed by atoms with E-state index in [1.54, 1.807) is 11.0 Å². The summed E-state index contributed by atoms with van der Waals surface area (Å²) in [6.45, 7) is 4.28. The fraction of sp³-hybridized carbons (Fsp3) is 0.471. The third-order valence-corrected chi connectivity index (χ3v) is 5.13. The molecule has 2 unspecified atom stereocenters. The van der Waals surface area contributed by atoms with Crippen molar-refractivity contribution in [2.75, 3.05) is 5.75 Å². The lowest BCUT2D eigenvalue weighted by Gasteiger charge is -2.39. The Morgan fingerprint density at radius 2 is 1.91 bits per heavy atom. The van der Waals surface area contributed by atoms with Crippen molar-refractivity contribution < 1.29 is 4.79 Å². The second-order valence-electron chi connectivity index (χ2n) is 6.03. The van der Waals surface area contributed by atoms with Crippen molar-refractivity contribution in [3.63, 3.8) is 0 Å². The van der Waals surface area contributed by atoms with E-state index in [0.717, 1.165) is 18.5 Å². The van der Waals surface area contributed by atoms with Gasteiger partial charge < -0.3 is 4.90 Å². The monoisotopic (exact) mass is 330 g/mol. The van der Waals surface area contributed by atoms with Crippen LogP contribution in [-0.2, 0) is 4.79 Å². The summed E-state index contributed by atoms with van der Waals surface area (Å²) in [6.07, 6.45) is 5.10. The number of hydrogen-bond donors (Lipinski definition) is 0. The number of thioether (sulfide) groups is 1. The van der Waals surface area contributed by atoms with Gasteiger partial charge in [0.1, 0.15) is 6.33 Å². The van der Waals surface area contributed by atoms with Crippen molar-refractivity contribution in [1.82, 2.24) is 19.7 Å². The molecule has 1 saturated heterocycles. The number of benzene rings is 1. The highest BCUT2D eigenvalue weighted by Gasteiger charge is 2.28. The van der Waals surface area contributed by atoms with Gasteiger partial charge in [0.15, 0.2) is 0 Å². The van der Waals surface area contributed by atoms with E-state index in [1.165, 1.54) is 18.2 Å². The van der Waals surface area contributed by atoms with Gasteiger partial charge in [0.2, 0.25) is 11.1 Å². The maximum Gasteiger partial charge on any atom is 0.233 e. The first kappa shape index (κ1) is 16.1.